The van der Waals surface area contributed by atoms with Crippen molar-refractivity contribution in [2.24, 2.45) is 5.92 Å². The Morgan fingerprint density at radius 3 is 2.70 bits per heavy atom. The summed E-state index contributed by atoms with van der Waals surface area (Å²) in [5.74, 6) is -0.00722. The summed E-state index contributed by atoms with van der Waals surface area (Å²) < 4.78 is 10.7. The normalized spacial score (nSPS) is 24.7. The molecule has 2 fully saturated rings. The van der Waals surface area contributed by atoms with E-state index in [1.54, 1.807) is 4.90 Å². The van der Waals surface area contributed by atoms with Crippen molar-refractivity contribution >= 4 is 24.7 Å². The van der Waals surface area contributed by atoms with Gasteiger partial charge in [-0.3, -0.25) is 4.79 Å². The summed E-state index contributed by atoms with van der Waals surface area (Å²) in [5.41, 5.74) is -0.284. The van der Waals surface area contributed by atoms with Crippen molar-refractivity contribution in [2.75, 3.05) is 25.4 Å². The highest BCUT2D eigenvalue weighted by atomic mass is 32.1. The molecule has 0 aromatic carbocycles. The van der Waals surface area contributed by atoms with Crippen LogP contribution in [0.1, 0.15) is 39.0 Å². The first-order chi connectivity index (χ1) is 9.52. The van der Waals surface area contributed by atoms with Gasteiger partial charge in [-0.05, 0) is 39.0 Å². The molecule has 0 aromatic rings. The van der Waals surface area contributed by atoms with Gasteiger partial charge in [0, 0.05) is 19.0 Å². The van der Waals surface area contributed by atoms with E-state index in [-0.39, 0.29) is 29.3 Å². The molecule has 0 spiro atoms. The quantitative estimate of drug-likeness (QED) is 0.639. The Labute approximate surface area is 125 Å². The van der Waals surface area contributed by atoms with E-state index in [1.807, 2.05) is 6.92 Å². The summed E-state index contributed by atoms with van der Waals surface area (Å²) in [6.07, 6.45) is 4.80. The Morgan fingerprint density at radius 2 is 2.05 bits per heavy atom. The summed E-state index contributed by atoms with van der Waals surface area (Å²) in [6.45, 7) is 3.66. The minimum Gasteiger partial charge on any atom is -0.465 e. The lowest BCUT2D eigenvalue weighted by Crippen LogP contribution is -2.37. The predicted octanol–water partition coefficient (Wildman–Crippen LogP) is 2.25. The first kappa shape index (κ1) is 15.5. The van der Waals surface area contributed by atoms with Crippen LogP contribution in [0.5, 0.6) is 0 Å². The average Bonchev–Trinajstić information content (AvgIpc) is 3.05. The lowest BCUT2D eigenvalue weighted by Gasteiger charge is -2.27. The average molecular weight is 301 g/mol. The molecule has 1 atom stereocenters. The third-order valence-corrected chi connectivity index (χ3v) is 4.41. The van der Waals surface area contributed by atoms with Crippen LogP contribution in [0.3, 0.4) is 0 Å². The number of amides is 1. The largest absolute Gasteiger partial charge is 0.465 e. The van der Waals surface area contributed by atoms with E-state index in [0.717, 1.165) is 32.1 Å². The second kappa shape index (κ2) is 6.70. The van der Waals surface area contributed by atoms with E-state index < -0.39 is 0 Å². The lowest BCUT2D eigenvalue weighted by molar-refractivity contribution is -0.141. The number of hydrogen-bond acceptors (Lipinski definition) is 5. The molecule has 0 radical (unpaired) electrons. The lowest BCUT2D eigenvalue weighted by atomic mass is 10.1. The fourth-order valence-electron chi connectivity index (χ4n) is 2.89. The molecule has 6 heteroatoms. The fourth-order valence-corrected chi connectivity index (χ4v) is 2.98. The van der Waals surface area contributed by atoms with E-state index in [1.165, 1.54) is 0 Å². The Bertz CT molecular complexity index is 368. The van der Waals surface area contributed by atoms with Gasteiger partial charge in [0.15, 0.2) is 0 Å². The number of hydrogen-bond donors (Lipinski definition) is 1. The number of carbonyl (C=O) groups excluding carboxylic acids is 2. The monoisotopic (exact) mass is 301 g/mol. The maximum Gasteiger partial charge on any atom is 0.410 e. The molecule has 2 aliphatic rings. The molecule has 5 nitrogen and oxygen atoms in total. The van der Waals surface area contributed by atoms with Crippen LogP contribution < -0.4 is 0 Å². The molecular formula is C14H23NO4S. The van der Waals surface area contributed by atoms with Crippen LogP contribution in [0.2, 0.25) is 0 Å². The minimum atomic E-state index is -0.312. The molecule has 114 valence electrons. The second-order valence-electron chi connectivity index (χ2n) is 5.97. The van der Waals surface area contributed by atoms with Crippen molar-refractivity contribution in [3.05, 3.63) is 0 Å². The molecule has 1 saturated heterocycles. The van der Waals surface area contributed by atoms with Crippen molar-refractivity contribution in [3.63, 3.8) is 0 Å². The molecule has 0 N–H and O–H groups in total. The molecule has 1 aliphatic heterocycles. The van der Waals surface area contributed by atoms with Crippen molar-refractivity contribution in [2.45, 2.75) is 44.6 Å². The van der Waals surface area contributed by atoms with Gasteiger partial charge < -0.3 is 14.4 Å². The Balaban J connectivity index is 1.74. The van der Waals surface area contributed by atoms with Gasteiger partial charge in [-0.25, -0.2) is 4.79 Å². The van der Waals surface area contributed by atoms with Crippen LogP contribution in [0.25, 0.3) is 0 Å². The molecule has 0 aromatic heterocycles. The van der Waals surface area contributed by atoms with Crippen molar-refractivity contribution < 1.29 is 19.1 Å². The van der Waals surface area contributed by atoms with E-state index in [9.17, 15) is 9.59 Å². The molecular weight excluding hydrogens is 278 g/mol. The zero-order valence-corrected chi connectivity index (χ0v) is 12.9. The summed E-state index contributed by atoms with van der Waals surface area (Å²) in [7, 11) is 0. The maximum atomic E-state index is 12.1. The van der Waals surface area contributed by atoms with Crippen LogP contribution in [0, 0.1) is 5.92 Å². The zero-order chi connectivity index (χ0) is 14.6. The number of likely N-dealkylation sites (tertiary alicyclic amines) is 1. The third-order valence-electron chi connectivity index (χ3n) is 4.15. The Kier molecular flexibility index (Phi) is 5.18. The number of thiol groups is 1. The van der Waals surface area contributed by atoms with Gasteiger partial charge in [0.1, 0.15) is 5.60 Å². The second-order valence-corrected chi connectivity index (χ2v) is 6.28. The van der Waals surface area contributed by atoms with Crippen LogP contribution in [0.15, 0.2) is 0 Å². The van der Waals surface area contributed by atoms with Gasteiger partial charge >= 0.3 is 12.1 Å². The van der Waals surface area contributed by atoms with Gasteiger partial charge in [0.05, 0.1) is 12.4 Å². The molecule has 1 heterocycles. The number of nitrogens with zero attached hydrogens (tertiary/aromatic N) is 1. The van der Waals surface area contributed by atoms with Crippen LogP contribution in [-0.4, -0.2) is 48.0 Å². The Hall–Kier alpha value is -0.910. The smallest absolute Gasteiger partial charge is 0.410 e. The first-order valence-electron chi connectivity index (χ1n) is 7.27. The fraction of sp³-hybridized carbons (Fsp3) is 0.857. The highest BCUT2D eigenvalue weighted by molar-refractivity contribution is 7.81. The minimum absolute atomic E-state index is 0.0941. The summed E-state index contributed by atoms with van der Waals surface area (Å²) in [4.78, 5) is 24.9. The highest BCUT2D eigenvalue weighted by Crippen LogP contribution is 2.33. The maximum absolute atomic E-state index is 12.1. The van der Waals surface area contributed by atoms with Gasteiger partial charge in [0.2, 0.25) is 0 Å². The van der Waals surface area contributed by atoms with E-state index in [2.05, 4.69) is 12.6 Å². The van der Waals surface area contributed by atoms with E-state index >= 15 is 0 Å². The number of carbonyl (C=O) groups is 2. The molecule has 1 amide bonds. The zero-order valence-electron chi connectivity index (χ0n) is 12.0. The molecule has 2 rings (SSSR count). The predicted molar refractivity (Wildman–Crippen MR) is 77.8 cm³/mol. The Morgan fingerprint density at radius 1 is 1.35 bits per heavy atom. The molecule has 1 aliphatic carbocycles. The summed E-state index contributed by atoms with van der Waals surface area (Å²) in [5, 5.41) is 0. The first-order valence-corrected chi connectivity index (χ1v) is 7.90. The molecule has 0 bridgehead atoms. The van der Waals surface area contributed by atoms with Crippen molar-refractivity contribution in [1.82, 2.24) is 4.90 Å². The van der Waals surface area contributed by atoms with Gasteiger partial charge in [-0.2, -0.15) is 12.6 Å². The van der Waals surface area contributed by atoms with Crippen LogP contribution in [0.4, 0.5) is 4.79 Å². The molecule has 1 saturated carbocycles. The standard InChI is InChI=1S/C14H23NO4S/c1-14(5-2-3-6-14)19-13(17)15-7-4-11(8-15)9-18-12(16)10-20/h11,20H,2-10H2,1H3. The summed E-state index contributed by atoms with van der Waals surface area (Å²) >= 11 is 3.86. The van der Waals surface area contributed by atoms with Crippen molar-refractivity contribution in [1.29, 1.82) is 0 Å². The van der Waals surface area contributed by atoms with Crippen LogP contribution in [-0.2, 0) is 14.3 Å². The highest BCUT2D eigenvalue weighted by Gasteiger charge is 2.36. The SMILES string of the molecule is CC1(OC(=O)N2CCC(COC(=O)CS)C2)CCCC1. The van der Waals surface area contributed by atoms with Gasteiger partial charge in [0.25, 0.3) is 0 Å². The molecule has 20 heavy (non-hydrogen) atoms. The number of esters is 1. The molecule has 1 unspecified atom stereocenters. The van der Waals surface area contributed by atoms with Gasteiger partial charge in [-0.15, -0.1) is 0 Å². The van der Waals surface area contributed by atoms with Gasteiger partial charge in [-0.1, -0.05) is 0 Å². The number of ether oxygens (including phenoxy) is 2. The van der Waals surface area contributed by atoms with Crippen molar-refractivity contribution in [3.8, 4) is 0 Å². The topological polar surface area (TPSA) is 55.8 Å². The van der Waals surface area contributed by atoms with E-state index in [0.29, 0.717) is 19.7 Å². The third kappa shape index (κ3) is 4.04. The summed E-state index contributed by atoms with van der Waals surface area (Å²) in [6, 6.07) is 0. The number of rotatable bonds is 4. The van der Waals surface area contributed by atoms with Crippen LogP contribution >= 0.6 is 12.6 Å². The van der Waals surface area contributed by atoms with E-state index in [4.69, 9.17) is 9.47 Å².